The summed E-state index contributed by atoms with van der Waals surface area (Å²) in [4.78, 5) is 5.18. The fourth-order valence-corrected chi connectivity index (χ4v) is 5.57. The topological polar surface area (TPSA) is 35.3 Å². The number of benzene rings is 2. The number of rotatable bonds is 5. The van der Waals surface area contributed by atoms with Crippen LogP contribution in [0.15, 0.2) is 65.9 Å². The molecule has 34 heavy (non-hydrogen) atoms. The lowest BCUT2D eigenvalue weighted by atomic mass is 9.94. The molecule has 0 aliphatic heterocycles. The lowest BCUT2D eigenvalue weighted by molar-refractivity contribution is -0.726. The predicted octanol–water partition coefficient (Wildman–Crippen LogP) is 8.19. The smallest absolute Gasteiger partial charge is 0.281 e. The lowest BCUT2D eigenvalue weighted by Crippen LogP contribution is -2.45. The molecule has 4 heteroatoms. The molecule has 0 saturated heterocycles. The third-order valence-electron chi connectivity index (χ3n) is 7.55. The first-order valence-corrected chi connectivity index (χ1v) is 13.2. The van der Waals surface area contributed by atoms with Crippen LogP contribution in [0.3, 0.4) is 0 Å². The van der Waals surface area contributed by atoms with Crippen LogP contribution in [0.4, 0.5) is 11.4 Å². The third kappa shape index (κ3) is 5.27. The normalized spacial score (nSPS) is 18.2. The highest BCUT2D eigenvalue weighted by Crippen LogP contribution is 2.33. The Balaban J connectivity index is 1.62. The van der Waals surface area contributed by atoms with Gasteiger partial charge in [0, 0.05) is 5.84 Å². The molecule has 1 heterocycles. The summed E-state index contributed by atoms with van der Waals surface area (Å²) in [6, 6.07) is 18.1. The maximum atomic E-state index is 5.18. The monoisotopic (exact) mass is 454 g/mol. The zero-order chi connectivity index (χ0) is 23.3. The molecule has 0 radical (unpaired) electrons. The summed E-state index contributed by atoms with van der Waals surface area (Å²) in [5.41, 5.74) is 4.42. The molecule has 178 valence electrons. The number of hydrogen-bond donors (Lipinski definition) is 0. The van der Waals surface area contributed by atoms with Crippen LogP contribution in [0, 0.1) is 13.8 Å². The Labute approximate surface area is 204 Å². The molecule has 1 aromatic heterocycles. The maximum absolute atomic E-state index is 5.18. The van der Waals surface area contributed by atoms with E-state index in [4.69, 9.17) is 10.3 Å². The SMILES string of the molecule is Cc1ccc(N=C([N-]c2ccc(C)cc2)c2n(C3CCCCC3)cc[n+]2C2CCCCC2)cc1. The standard InChI is InChI=1S/C30H38N4/c1-23-13-17-25(18-14-23)31-29(32-26-19-15-24(2)16-20-26)30-33(27-9-5-3-6-10-27)21-22-34(30)28-11-7-4-8-12-28/h13-22,27-28H,3-12H2,1-2H3. The summed E-state index contributed by atoms with van der Waals surface area (Å²) < 4.78 is 5.02. The molecule has 3 aromatic rings. The molecular formula is C30H38N4. The van der Waals surface area contributed by atoms with Gasteiger partial charge in [0.15, 0.2) is 0 Å². The zero-order valence-electron chi connectivity index (χ0n) is 20.8. The van der Waals surface area contributed by atoms with Crippen LogP contribution < -0.4 is 4.57 Å². The third-order valence-corrected chi connectivity index (χ3v) is 7.55. The second kappa shape index (κ2) is 10.6. The van der Waals surface area contributed by atoms with Crippen LogP contribution >= 0.6 is 0 Å². The van der Waals surface area contributed by atoms with Gasteiger partial charge < -0.3 is 10.3 Å². The largest absolute Gasteiger partial charge is 0.429 e. The van der Waals surface area contributed by atoms with Gasteiger partial charge in [0.05, 0.1) is 0 Å². The second-order valence-corrected chi connectivity index (χ2v) is 10.2. The number of imidazole rings is 1. The van der Waals surface area contributed by atoms with Gasteiger partial charge >= 0.3 is 0 Å². The summed E-state index contributed by atoms with van der Waals surface area (Å²) in [5.74, 6) is 2.01. The molecule has 2 saturated carbocycles. The predicted molar refractivity (Wildman–Crippen MR) is 140 cm³/mol. The van der Waals surface area contributed by atoms with E-state index in [1.807, 2.05) is 0 Å². The van der Waals surface area contributed by atoms with Crippen molar-refractivity contribution in [2.24, 2.45) is 4.99 Å². The van der Waals surface area contributed by atoms with Gasteiger partial charge in [-0.15, -0.1) is 0 Å². The van der Waals surface area contributed by atoms with E-state index in [1.165, 1.54) is 81.2 Å². The van der Waals surface area contributed by atoms with Crippen molar-refractivity contribution in [2.45, 2.75) is 90.1 Å². The highest BCUT2D eigenvalue weighted by molar-refractivity contribution is 6.10. The first kappa shape index (κ1) is 22.9. The molecule has 0 N–H and O–H groups in total. The second-order valence-electron chi connectivity index (χ2n) is 10.2. The Hall–Kier alpha value is -2.88. The van der Waals surface area contributed by atoms with Gasteiger partial charge in [0.2, 0.25) is 0 Å². The lowest BCUT2D eigenvalue weighted by Gasteiger charge is -2.27. The van der Waals surface area contributed by atoms with Gasteiger partial charge in [0.25, 0.3) is 5.82 Å². The van der Waals surface area contributed by atoms with E-state index < -0.39 is 0 Å². The minimum atomic E-state index is 0.532. The maximum Gasteiger partial charge on any atom is 0.281 e. The van der Waals surface area contributed by atoms with Gasteiger partial charge in [-0.1, -0.05) is 72.5 Å². The first-order chi connectivity index (χ1) is 16.7. The zero-order valence-corrected chi connectivity index (χ0v) is 20.8. The van der Waals surface area contributed by atoms with Gasteiger partial charge in [-0.25, -0.2) is 9.13 Å². The number of aliphatic imine (C=N–C) groups is 1. The minimum Gasteiger partial charge on any atom is -0.429 e. The molecule has 2 aliphatic rings. The fourth-order valence-electron chi connectivity index (χ4n) is 5.57. The molecule has 0 bridgehead atoms. The van der Waals surface area contributed by atoms with Crippen molar-refractivity contribution in [1.29, 1.82) is 0 Å². The van der Waals surface area contributed by atoms with E-state index in [2.05, 4.69) is 83.9 Å². The van der Waals surface area contributed by atoms with Crippen LogP contribution in [0.25, 0.3) is 5.32 Å². The van der Waals surface area contributed by atoms with Gasteiger partial charge in [-0.3, -0.25) is 0 Å². The van der Waals surface area contributed by atoms with Crippen LogP contribution in [0.2, 0.25) is 0 Å². The van der Waals surface area contributed by atoms with Crippen molar-refractivity contribution in [3.8, 4) is 0 Å². The van der Waals surface area contributed by atoms with Crippen molar-refractivity contribution in [1.82, 2.24) is 4.57 Å². The van der Waals surface area contributed by atoms with Crippen molar-refractivity contribution in [3.05, 3.63) is 83.2 Å². The van der Waals surface area contributed by atoms with Gasteiger partial charge in [-0.2, -0.15) is 0 Å². The molecule has 0 unspecified atom stereocenters. The van der Waals surface area contributed by atoms with E-state index in [9.17, 15) is 0 Å². The Morgan fingerprint density at radius 3 is 2.03 bits per heavy atom. The summed E-state index contributed by atoms with van der Waals surface area (Å²) in [6.45, 7) is 4.24. The number of nitrogens with zero attached hydrogens (tertiary/aromatic N) is 4. The Morgan fingerprint density at radius 1 is 0.794 bits per heavy atom. The minimum absolute atomic E-state index is 0.532. The molecular weight excluding hydrogens is 416 g/mol. The summed E-state index contributed by atoms with van der Waals surface area (Å²) in [6.07, 6.45) is 17.6. The molecule has 2 fully saturated rings. The molecule has 0 spiro atoms. The van der Waals surface area contributed by atoms with Crippen molar-refractivity contribution < 1.29 is 4.57 Å². The average Bonchev–Trinajstić information content (AvgIpc) is 3.32. The number of aryl methyl sites for hydroxylation is 2. The molecule has 2 aliphatic carbocycles. The van der Waals surface area contributed by atoms with Gasteiger partial charge in [-0.05, 0) is 76.6 Å². The molecule has 5 rings (SSSR count). The van der Waals surface area contributed by atoms with Crippen LogP contribution in [0.1, 0.15) is 93.2 Å². The van der Waals surface area contributed by atoms with E-state index in [0.29, 0.717) is 12.1 Å². The molecule has 0 amide bonds. The summed E-state index contributed by atoms with van der Waals surface area (Å²) in [7, 11) is 0. The first-order valence-electron chi connectivity index (χ1n) is 13.2. The Kier molecular flexibility index (Phi) is 7.13. The quantitative estimate of drug-likeness (QED) is 0.212. The van der Waals surface area contributed by atoms with Crippen molar-refractivity contribution >= 4 is 17.2 Å². The van der Waals surface area contributed by atoms with E-state index in [-0.39, 0.29) is 0 Å². The van der Waals surface area contributed by atoms with E-state index in [0.717, 1.165) is 17.2 Å². The van der Waals surface area contributed by atoms with Crippen LogP contribution in [0.5, 0.6) is 0 Å². The highest BCUT2D eigenvalue weighted by Gasteiger charge is 2.31. The summed E-state index contributed by atoms with van der Waals surface area (Å²) in [5, 5.41) is 5.18. The summed E-state index contributed by atoms with van der Waals surface area (Å²) >= 11 is 0. The average molecular weight is 455 g/mol. The number of aromatic nitrogens is 2. The number of hydrogen-bond acceptors (Lipinski definition) is 1. The Bertz CT molecular complexity index is 1060. The van der Waals surface area contributed by atoms with Crippen LogP contribution in [-0.4, -0.2) is 10.4 Å². The number of amidine groups is 1. The Morgan fingerprint density at radius 2 is 1.38 bits per heavy atom. The van der Waals surface area contributed by atoms with Gasteiger partial charge in [0.1, 0.15) is 24.5 Å². The van der Waals surface area contributed by atoms with E-state index in [1.54, 1.807) is 0 Å². The van der Waals surface area contributed by atoms with Crippen molar-refractivity contribution in [2.75, 3.05) is 0 Å². The fraction of sp³-hybridized carbons (Fsp3) is 0.467. The van der Waals surface area contributed by atoms with Crippen molar-refractivity contribution in [3.63, 3.8) is 0 Å². The molecule has 0 atom stereocenters. The van der Waals surface area contributed by atoms with E-state index >= 15 is 0 Å². The van der Waals surface area contributed by atoms with Crippen LogP contribution in [-0.2, 0) is 0 Å². The molecule has 4 nitrogen and oxygen atoms in total. The molecule has 2 aromatic carbocycles. The highest BCUT2D eigenvalue weighted by atomic mass is 15.2.